The van der Waals surface area contributed by atoms with Gasteiger partial charge in [-0.15, -0.1) is 0 Å². The Morgan fingerprint density at radius 3 is 2.71 bits per heavy atom. The lowest BCUT2D eigenvalue weighted by Crippen LogP contribution is -2.25. The maximum absolute atomic E-state index is 12.2. The van der Waals surface area contributed by atoms with Crippen LogP contribution in [0.15, 0.2) is 29.2 Å². The third kappa shape index (κ3) is 4.07. The Morgan fingerprint density at radius 2 is 2.04 bits per heavy atom. The maximum atomic E-state index is 12.2. The molecule has 1 aromatic carbocycles. The second kappa shape index (κ2) is 8.38. The smallest absolute Gasteiger partial charge is 0.271 e. The van der Waals surface area contributed by atoms with Crippen LogP contribution in [0.3, 0.4) is 0 Å². The third-order valence-electron chi connectivity index (χ3n) is 3.73. The molecule has 1 N–H and O–H groups in total. The van der Waals surface area contributed by atoms with Gasteiger partial charge in [-0.1, -0.05) is 13.0 Å². The van der Waals surface area contributed by atoms with Crippen molar-refractivity contribution in [1.82, 2.24) is 9.78 Å². The highest BCUT2D eigenvalue weighted by molar-refractivity contribution is 5.49. The monoisotopic (exact) mass is 331 g/mol. The molecule has 1 aromatic heterocycles. The Kier molecular flexibility index (Phi) is 6.23. The van der Waals surface area contributed by atoms with E-state index in [4.69, 9.17) is 9.47 Å². The van der Waals surface area contributed by atoms with Crippen molar-refractivity contribution in [3.05, 3.63) is 45.9 Å². The van der Waals surface area contributed by atoms with Crippen LogP contribution in [0.2, 0.25) is 0 Å². The van der Waals surface area contributed by atoms with Crippen molar-refractivity contribution in [2.75, 3.05) is 19.0 Å². The van der Waals surface area contributed by atoms with Crippen LogP contribution in [0.25, 0.3) is 0 Å². The molecule has 6 nitrogen and oxygen atoms in total. The molecule has 0 spiro atoms. The van der Waals surface area contributed by atoms with E-state index in [1.165, 1.54) is 4.68 Å². The number of aryl methyl sites for hydroxylation is 1. The number of hydrogen-bond donors (Lipinski definition) is 1. The molecule has 24 heavy (non-hydrogen) atoms. The van der Waals surface area contributed by atoms with E-state index in [1.54, 1.807) is 13.3 Å². The van der Waals surface area contributed by atoms with Crippen LogP contribution in [0.1, 0.15) is 31.4 Å². The summed E-state index contributed by atoms with van der Waals surface area (Å²) in [7, 11) is 1.62. The van der Waals surface area contributed by atoms with Crippen molar-refractivity contribution in [3.8, 4) is 11.5 Å². The summed E-state index contributed by atoms with van der Waals surface area (Å²) in [6, 6.07) is 5.79. The summed E-state index contributed by atoms with van der Waals surface area (Å²) in [6.45, 7) is 7.56. The Morgan fingerprint density at radius 1 is 1.25 bits per heavy atom. The van der Waals surface area contributed by atoms with Crippen molar-refractivity contribution in [1.29, 1.82) is 0 Å². The summed E-state index contributed by atoms with van der Waals surface area (Å²) >= 11 is 0. The summed E-state index contributed by atoms with van der Waals surface area (Å²) in [4.78, 5) is 12.2. The fourth-order valence-corrected chi connectivity index (χ4v) is 2.43. The molecule has 0 amide bonds. The van der Waals surface area contributed by atoms with Gasteiger partial charge in [-0.2, -0.15) is 5.10 Å². The van der Waals surface area contributed by atoms with Crippen molar-refractivity contribution >= 4 is 5.69 Å². The van der Waals surface area contributed by atoms with Gasteiger partial charge in [0.1, 0.15) is 0 Å². The highest BCUT2D eigenvalue weighted by Gasteiger charge is 2.08. The van der Waals surface area contributed by atoms with Gasteiger partial charge in [0, 0.05) is 18.7 Å². The van der Waals surface area contributed by atoms with Crippen molar-refractivity contribution in [2.45, 2.75) is 40.3 Å². The minimum Gasteiger partial charge on any atom is -0.493 e. The first-order chi connectivity index (χ1) is 11.6. The minimum absolute atomic E-state index is 0.0495. The van der Waals surface area contributed by atoms with Crippen LogP contribution in [0.5, 0.6) is 11.5 Å². The molecule has 0 bridgehead atoms. The number of benzene rings is 1. The van der Waals surface area contributed by atoms with E-state index in [9.17, 15) is 4.79 Å². The maximum Gasteiger partial charge on any atom is 0.271 e. The highest BCUT2D eigenvalue weighted by atomic mass is 16.5. The molecule has 0 aliphatic heterocycles. The Labute approximate surface area is 142 Å². The van der Waals surface area contributed by atoms with Crippen LogP contribution in [0, 0.1) is 6.92 Å². The molecule has 6 heteroatoms. The zero-order valence-corrected chi connectivity index (χ0v) is 14.8. The van der Waals surface area contributed by atoms with Crippen molar-refractivity contribution in [2.24, 2.45) is 0 Å². The lowest BCUT2D eigenvalue weighted by Gasteiger charge is -2.13. The number of rotatable bonds is 8. The van der Waals surface area contributed by atoms with Crippen LogP contribution in [-0.4, -0.2) is 23.5 Å². The molecule has 0 atom stereocenters. The van der Waals surface area contributed by atoms with Crippen molar-refractivity contribution in [3.63, 3.8) is 0 Å². The average molecular weight is 331 g/mol. The number of aromatic nitrogens is 2. The zero-order chi connectivity index (χ0) is 17.5. The molecule has 0 saturated carbocycles. The van der Waals surface area contributed by atoms with E-state index in [0.717, 1.165) is 17.7 Å². The SMILES string of the molecule is CCCn1ncc(NCc2ccc(OC)c(OCC)c2)c(C)c1=O. The van der Waals surface area contributed by atoms with Gasteiger partial charge in [-0.25, -0.2) is 4.68 Å². The van der Waals surface area contributed by atoms with Gasteiger partial charge in [-0.05, 0) is 38.0 Å². The Bertz CT molecular complexity index is 741. The number of anilines is 1. The summed E-state index contributed by atoms with van der Waals surface area (Å²) in [5.74, 6) is 1.42. The predicted octanol–water partition coefficient (Wildman–Crippen LogP) is 2.98. The predicted molar refractivity (Wildman–Crippen MR) is 95.0 cm³/mol. The summed E-state index contributed by atoms with van der Waals surface area (Å²) in [5, 5.41) is 7.49. The van der Waals surface area contributed by atoms with Gasteiger partial charge in [0.05, 0.1) is 25.6 Å². The fraction of sp³-hybridized carbons (Fsp3) is 0.444. The molecule has 130 valence electrons. The van der Waals surface area contributed by atoms with Crippen LogP contribution >= 0.6 is 0 Å². The summed E-state index contributed by atoms with van der Waals surface area (Å²) < 4.78 is 12.4. The van der Waals surface area contributed by atoms with E-state index >= 15 is 0 Å². The molecule has 2 aromatic rings. The second-order valence-electron chi connectivity index (χ2n) is 5.48. The second-order valence-corrected chi connectivity index (χ2v) is 5.48. The number of hydrogen-bond acceptors (Lipinski definition) is 5. The average Bonchev–Trinajstić information content (AvgIpc) is 2.59. The molecule has 0 aliphatic carbocycles. The lowest BCUT2D eigenvalue weighted by molar-refractivity contribution is 0.310. The van der Waals surface area contributed by atoms with Gasteiger partial charge < -0.3 is 14.8 Å². The van der Waals surface area contributed by atoms with Crippen LogP contribution in [0.4, 0.5) is 5.69 Å². The Hall–Kier alpha value is -2.50. The van der Waals surface area contributed by atoms with E-state index in [-0.39, 0.29) is 5.56 Å². The van der Waals surface area contributed by atoms with Gasteiger partial charge in [0.2, 0.25) is 0 Å². The molecule has 2 rings (SSSR count). The van der Waals surface area contributed by atoms with E-state index in [2.05, 4.69) is 10.4 Å². The number of ether oxygens (including phenoxy) is 2. The normalized spacial score (nSPS) is 10.5. The number of methoxy groups -OCH3 is 1. The summed E-state index contributed by atoms with van der Waals surface area (Å²) in [5.41, 5.74) is 2.42. The standard InChI is InChI=1S/C18H25N3O3/c1-5-9-21-18(22)13(3)15(12-20-21)19-11-14-7-8-16(23-4)17(10-14)24-6-2/h7-8,10,12,19H,5-6,9,11H2,1-4H3. The number of nitrogens with zero attached hydrogens (tertiary/aromatic N) is 2. The van der Waals surface area contributed by atoms with E-state index < -0.39 is 0 Å². The van der Waals surface area contributed by atoms with E-state index in [1.807, 2.05) is 39.0 Å². The first-order valence-electron chi connectivity index (χ1n) is 8.21. The topological polar surface area (TPSA) is 65.4 Å². The molecule has 0 aliphatic rings. The molecule has 1 heterocycles. The minimum atomic E-state index is -0.0495. The Balaban J connectivity index is 2.15. The first-order valence-corrected chi connectivity index (χ1v) is 8.21. The highest BCUT2D eigenvalue weighted by Crippen LogP contribution is 2.28. The zero-order valence-electron chi connectivity index (χ0n) is 14.8. The molecule has 0 unspecified atom stereocenters. The first kappa shape index (κ1) is 17.8. The van der Waals surface area contributed by atoms with Gasteiger partial charge in [0.15, 0.2) is 11.5 Å². The largest absolute Gasteiger partial charge is 0.493 e. The van der Waals surface area contributed by atoms with E-state index in [0.29, 0.717) is 36.8 Å². The lowest BCUT2D eigenvalue weighted by atomic mass is 10.2. The molecular formula is C18H25N3O3. The summed E-state index contributed by atoms with van der Waals surface area (Å²) in [6.07, 6.45) is 2.59. The van der Waals surface area contributed by atoms with Gasteiger partial charge in [0.25, 0.3) is 5.56 Å². The quantitative estimate of drug-likeness (QED) is 0.805. The molecule has 0 fully saturated rings. The van der Waals surface area contributed by atoms with Crippen LogP contribution < -0.4 is 20.3 Å². The van der Waals surface area contributed by atoms with Gasteiger partial charge >= 0.3 is 0 Å². The third-order valence-corrected chi connectivity index (χ3v) is 3.73. The number of nitrogens with one attached hydrogen (secondary N) is 1. The molecular weight excluding hydrogens is 306 g/mol. The van der Waals surface area contributed by atoms with Crippen LogP contribution in [-0.2, 0) is 13.1 Å². The van der Waals surface area contributed by atoms with Crippen molar-refractivity contribution < 1.29 is 9.47 Å². The molecule has 0 radical (unpaired) electrons. The van der Waals surface area contributed by atoms with Gasteiger partial charge in [-0.3, -0.25) is 4.79 Å². The fourth-order valence-electron chi connectivity index (χ4n) is 2.43. The molecule has 0 saturated heterocycles.